The Kier molecular flexibility index (Phi) is 3.39. The van der Waals surface area contributed by atoms with Gasteiger partial charge in [-0.05, 0) is 30.7 Å². The van der Waals surface area contributed by atoms with E-state index in [2.05, 4.69) is 26.1 Å². The number of fused-ring (bicyclic) bond motifs is 1. The summed E-state index contributed by atoms with van der Waals surface area (Å²) in [6.07, 6.45) is 0. The lowest BCUT2D eigenvalue weighted by molar-refractivity contribution is 0.253. The van der Waals surface area contributed by atoms with Gasteiger partial charge in [0.15, 0.2) is 5.58 Å². The first-order valence-corrected chi connectivity index (χ1v) is 6.26. The van der Waals surface area contributed by atoms with Crippen molar-refractivity contribution in [1.82, 2.24) is 5.32 Å². The van der Waals surface area contributed by atoms with Crippen molar-refractivity contribution in [3.8, 4) is 0 Å². The van der Waals surface area contributed by atoms with Gasteiger partial charge in [-0.25, -0.2) is 4.39 Å². The first kappa shape index (κ1) is 13.4. The molecule has 2 rings (SSSR count). The lowest BCUT2D eigenvalue weighted by atomic mass is 9.85. The number of hydrogen-bond acceptors (Lipinski definition) is 2. The van der Waals surface area contributed by atoms with Gasteiger partial charge in [0, 0.05) is 5.39 Å². The smallest absolute Gasteiger partial charge is 0.153 e. The van der Waals surface area contributed by atoms with E-state index in [9.17, 15) is 4.39 Å². The third-order valence-corrected chi connectivity index (χ3v) is 3.27. The van der Waals surface area contributed by atoms with Gasteiger partial charge in [0.1, 0.15) is 11.6 Å². The van der Waals surface area contributed by atoms with Crippen molar-refractivity contribution in [2.45, 2.75) is 26.8 Å². The van der Waals surface area contributed by atoms with Gasteiger partial charge in [0.2, 0.25) is 0 Å². The van der Waals surface area contributed by atoms with E-state index in [1.807, 2.05) is 13.1 Å². The molecule has 0 aliphatic heterocycles. The molecule has 1 aromatic heterocycles. The van der Waals surface area contributed by atoms with Gasteiger partial charge in [-0.2, -0.15) is 0 Å². The van der Waals surface area contributed by atoms with Gasteiger partial charge >= 0.3 is 0 Å². The average molecular weight is 270 g/mol. The molecule has 18 heavy (non-hydrogen) atoms. The Morgan fingerprint density at radius 2 is 1.94 bits per heavy atom. The third-order valence-electron chi connectivity index (χ3n) is 2.99. The van der Waals surface area contributed by atoms with E-state index in [0.717, 1.165) is 5.76 Å². The molecule has 0 amide bonds. The molecule has 0 radical (unpaired) electrons. The number of benzene rings is 1. The summed E-state index contributed by atoms with van der Waals surface area (Å²) < 4.78 is 19.1. The molecule has 0 bridgehead atoms. The van der Waals surface area contributed by atoms with Crippen molar-refractivity contribution in [2.75, 3.05) is 7.05 Å². The van der Waals surface area contributed by atoms with Gasteiger partial charge in [0.25, 0.3) is 0 Å². The van der Waals surface area contributed by atoms with Gasteiger partial charge < -0.3 is 9.73 Å². The molecule has 0 aliphatic carbocycles. The normalized spacial score (nSPS) is 14.1. The number of nitrogens with one attached hydrogen (secondary N) is 1. The molecule has 1 aromatic carbocycles. The molecule has 1 unspecified atom stereocenters. The highest BCUT2D eigenvalue weighted by Crippen LogP contribution is 2.37. The Balaban J connectivity index is 2.56. The molecule has 0 spiro atoms. The van der Waals surface area contributed by atoms with Crippen molar-refractivity contribution in [3.05, 3.63) is 34.8 Å². The molecule has 4 heteroatoms. The summed E-state index contributed by atoms with van der Waals surface area (Å²) in [6, 6.07) is 4.59. The quantitative estimate of drug-likeness (QED) is 0.866. The van der Waals surface area contributed by atoms with E-state index >= 15 is 0 Å². The molecule has 98 valence electrons. The maximum Gasteiger partial charge on any atom is 0.153 e. The van der Waals surface area contributed by atoms with Crippen LogP contribution in [0.25, 0.3) is 11.0 Å². The fourth-order valence-electron chi connectivity index (χ4n) is 2.24. The summed E-state index contributed by atoms with van der Waals surface area (Å²) in [6.45, 7) is 6.34. The lowest BCUT2D eigenvalue weighted by Gasteiger charge is -2.28. The maximum absolute atomic E-state index is 13.3. The number of furan rings is 1. The van der Waals surface area contributed by atoms with E-state index in [-0.39, 0.29) is 17.3 Å². The van der Waals surface area contributed by atoms with Gasteiger partial charge in [-0.3, -0.25) is 0 Å². The molecule has 0 saturated carbocycles. The Labute approximate surface area is 111 Å². The van der Waals surface area contributed by atoms with Crippen molar-refractivity contribution in [3.63, 3.8) is 0 Å². The Morgan fingerprint density at radius 3 is 2.50 bits per heavy atom. The van der Waals surface area contributed by atoms with Crippen molar-refractivity contribution in [2.24, 2.45) is 5.41 Å². The molecule has 0 aliphatic rings. The Hall–Kier alpha value is -1.06. The third kappa shape index (κ3) is 2.38. The van der Waals surface area contributed by atoms with Crippen LogP contribution in [-0.2, 0) is 0 Å². The number of halogens is 2. The van der Waals surface area contributed by atoms with Crippen LogP contribution in [0.5, 0.6) is 0 Å². The second-order valence-corrected chi connectivity index (χ2v) is 5.95. The van der Waals surface area contributed by atoms with Gasteiger partial charge in [-0.15, -0.1) is 0 Å². The average Bonchev–Trinajstić information content (AvgIpc) is 2.59. The predicted molar refractivity (Wildman–Crippen MR) is 72.4 cm³/mol. The number of hydrogen-bond donors (Lipinski definition) is 1. The minimum absolute atomic E-state index is 0.00630. The van der Waals surface area contributed by atoms with Crippen LogP contribution in [-0.4, -0.2) is 7.05 Å². The number of rotatable bonds is 2. The zero-order valence-electron chi connectivity index (χ0n) is 11.0. The Morgan fingerprint density at radius 1 is 1.28 bits per heavy atom. The van der Waals surface area contributed by atoms with Crippen molar-refractivity contribution in [1.29, 1.82) is 0 Å². The molecule has 0 saturated heterocycles. The summed E-state index contributed by atoms with van der Waals surface area (Å²) in [4.78, 5) is 0. The van der Waals surface area contributed by atoms with Crippen LogP contribution in [0.2, 0.25) is 5.02 Å². The highest BCUT2D eigenvalue weighted by atomic mass is 35.5. The van der Waals surface area contributed by atoms with Crippen molar-refractivity contribution >= 4 is 22.6 Å². The zero-order valence-corrected chi connectivity index (χ0v) is 11.7. The molecule has 1 heterocycles. The summed E-state index contributed by atoms with van der Waals surface area (Å²) in [7, 11) is 1.88. The first-order valence-electron chi connectivity index (χ1n) is 5.88. The minimum atomic E-state index is -0.350. The van der Waals surface area contributed by atoms with Gasteiger partial charge in [0.05, 0.1) is 11.1 Å². The highest BCUT2D eigenvalue weighted by Gasteiger charge is 2.28. The topological polar surface area (TPSA) is 25.2 Å². The second kappa shape index (κ2) is 4.56. The van der Waals surface area contributed by atoms with Crippen LogP contribution in [0.15, 0.2) is 22.6 Å². The second-order valence-electron chi connectivity index (χ2n) is 5.54. The summed E-state index contributed by atoms with van der Waals surface area (Å²) in [5.74, 6) is 0.420. The van der Waals surface area contributed by atoms with Crippen LogP contribution in [0.3, 0.4) is 0 Å². The molecule has 2 nitrogen and oxygen atoms in total. The van der Waals surface area contributed by atoms with Crippen molar-refractivity contribution < 1.29 is 8.81 Å². The van der Waals surface area contributed by atoms with E-state index < -0.39 is 0 Å². The monoisotopic (exact) mass is 269 g/mol. The van der Waals surface area contributed by atoms with E-state index in [1.165, 1.54) is 12.1 Å². The van der Waals surface area contributed by atoms with Crippen LogP contribution in [0.4, 0.5) is 4.39 Å². The van der Waals surface area contributed by atoms with Crippen LogP contribution in [0, 0.1) is 11.2 Å². The molecule has 1 atom stereocenters. The van der Waals surface area contributed by atoms with E-state index in [0.29, 0.717) is 16.0 Å². The molecule has 2 aromatic rings. The van der Waals surface area contributed by atoms with E-state index in [4.69, 9.17) is 16.0 Å². The molecular weight excluding hydrogens is 253 g/mol. The lowest BCUT2D eigenvalue weighted by Crippen LogP contribution is -2.29. The minimum Gasteiger partial charge on any atom is -0.458 e. The Bertz CT molecular complexity index is 571. The predicted octanol–water partition coefficient (Wildman–Crippen LogP) is 4.53. The van der Waals surface area contributed by atoms with Crippen LogP contribution < -0.4 is 5.32 Å². The van der Waals surface area contributed by atoms with E-state index in [1.54, 1.807) is 0 Å². The fraction of sp³-hybridized carbons (Fsp3) is 0.429. The summed E-state index contributed by atoms with van der Waals surface area (Å²) in [5, 5.41) is 4.22. The first-order chi connectivity index (χ1) is 8.32. The summed E-state index contributed by atoms with van der Waals surface area (Å²) in [5.41, 5.74) is 0.533. The van der Waals surface area contributed by atoms with Crippen LogP contribution in [0.1, 0.15) is 32.6 Å². The maximum atomic E-state index is 13.3. The summed E-state index contributed by atoms with van der Waals surface area (Å²) >= 11 is 5.98. The molecular formula is C14H17ClFNO. The molecule has 1 N–H and O–H groups in total. The SMILES string of the molecule is CNC(c1cc2cc(F)cc(Cl)c2o1)C(C)(C)C. The zero-order chi connectivity index (χ0) is 13.5. The fourth-order valence-corrected chi connectivity index (χ4v) is 2.49. The van der Waals surface area contributed by atoms with Gasteiger partial charge in [-0.1, -0.05) is 32.4 Å². The molecule has 0 fully saturated rings. The van der Waals surface area contributed by atoms with Crippen LogP contribution >= 0.6 is 11.6 Å². The largest absolute Gasteiger partial charge is 0.458 e. The standard InChI is InChI=1S/C14H17ClFNO/c1-14(2,3)13(17-4)11-6-8-5-9(16)7-10(15)12(8)18-11/h5-7,13,17H,1-4H3. The highest BCUT2D eigenvalue weighted by molar-refractivity contribution is 6.34.